The van der Waals surface area contributed by atoms with E-state index in [1.807, 2.05) is 0 Å². The van der Waals surface area contributed by atoms with Gasteiger partial charge in [-0.1, -0.05) is 0 Å². The number of rotatable bonds is 5. The highest BCUT2D eigenvalue weighted by molar-refractivity contribution is 7.98. The number of carboxylic acid groups (broad SMARTS) is 1. The van der Waals surface area contributed by atoms with Crippen molar-refractivity contribution in [1.29, 1.82) is 0 Å². The summed E-state index contributed by atoms with van der Waals surface area (Å²) in [7, 11) is 0. The summed E-state index contributed by atoms with van der Waals surface area (Å²) in [6.45, 7) is 2.61. The predicted octanol–water partition coefficient (Wildman–Crippen LogP) is 1.91. The molecule has 1 aromatic carbocycles. The zero-order valence-electron chi connectivity index (χ0n) is 11.2. The number of hydrogen-bond acceptors (Lipinski definition) is 5. The number of carboxylic acids is 1. The van der Waals surface area contributed by atoms with E-state index in [0.717, 1.165) is 0 Å². The molecule has 8 heteroatoms. The van der Waals surface area contributed by atoms with Gasteiger partial charge in [0.2, 0.25) is 0 Å². The molecule has 0 aliphatic rings. The van der Waals surface area contributed by atoms with Crippen LogP contribution in [0, 0.1) is 10.1 Å². The number of carbonyl (C=O) groups is 2. The molecule has 0 saturated carbocycles. The minimum atomic E-state index is -1.51. The van der Waals surface area contributed by atoms with Gasteiger partial charge in [-0.25, -0.2) is 4.79 Å². The maximum Gasteiger partial charge on any atom is 0.328 e. The van der Waals surface area contributed by atoms with Crippen LogP contribution >= 0.6 is 11.8 Å². The van der Waals surface area contributed by atoms with Gasteiger partial charge >= 0.3 is 5.97 Å². The van der Waals surface area contributed by atoms with Crippen molar-refractivity contribution in [2.75, 3.05) is 6.26 Å². The van der Waals surface area contributed by atoms with E-state index in [-0.39, 0.29) is 11.3 Å². The lowest BCUT2D eigenvalue weighted by molar-refractivity contribution is -0.385. The van der Waals surface area contributed by atoms with Crippen molar-refractivity contribution in [3.05, 3.63) is 33.9 Å². The number of nitrogens with one attached hydrogen (secondary N) is 1. The summed E-state index contributed by atoms with van der Waals surface area (Å²) in [6, 6.07) is 4.13. The lowest BCUT2D eigenvalue weighted by Crippen LogP contribution is -2.49. The summed E-state index contributed by atoms with van der Waals surface area (Å²) in [6.07, 6.45) is 1.77. The number of nitro benzene ring substituents is 1. The molecule has 2 N–H and O–H groups in total. The first kappa shape index (κ1) is 16.0. The van der Waals surface area contributed by atoms with E-state index < -0.39 is 22.3 Å². The van der Waals surface area contributed by atoms with Gasteiger partial charge in [0, 0.05) is 11.0 Å². The fourth-order valence-electron chi connectivity index (χ4n) is 1.39. The zero-order valence-corrected chi connectivity index (χ0v) is 12.0. The summed E-state index contributed by atoms with van der Waals surface area (Å²) < 4.78 is 0. The minimum absolute atomic E-state index is 0.156. The summed E-state index contributed by atoms with van der Waals surface area (Å²) in [5.41, 5.74) is -2.03. The van der Waals surface area contributed by atoms with Crippen molar-refractivity contribution in [2.24, 2.45) is 0 Å². The van der Waals surface area contributed by atoms with Crippen LogP contribution in [0.4, 0.5) is 5.69 Å². The quantitative estimate of drug-likeness (QED) is 0.488. The standard InChI is InChI=1S/C12H14N2O5S/c1-12(2,11(16)17)13-10(15)8-6-7(20-3)4-5-9(8)14(18)19/h4-6H,1-3H3,(H,13,15)(H,16,17). The van der Waals surface area contributed by atoms with E-state index in [4.69, 9.17) is 5.11 Å². The molecular weight excluding hydrogens is 284 g/mol. The van der Waals surface area contributed by atoms with Crippen LogP contribution in [0.15, 0.2) is 23.1 Å². The molecule has 20 heavy (non-hydrogen) atoms. The topological polar surface area (TPSA) is 110 Å². The molecule has 0 atom stereocenters. The Kier molecular flexibility index (Phi) is 4.72. The third kappa shape index (κ3) is 3.47. The molecule has 0 radical (unpaired) electrons. The second kappa shape index (κ2) is 5.91. The molecule has 1 amide bonds. The van der Waals surface area contributed by atoms with Crippen molar-refractivity contribution in [3.63, 3.8) is 0 Å². The smallest absolute Gasteiger partial charge is 0.328 e. The average Bonchev–Trinajstić information content (AvgIpc) is 2.37. The Morgan fingerprint density at radius 2 is 2.00 bits per heavy atom. The lowest BCUT2D eigenvalue weighted by atomic mass is 10.0. The van der Waals surface area contributed by atoms with Gasteiger partial charge in [0.05, 0.1) is 4.92 Å². The van der Waals surface area contributed by atoms with Crippen molar-refractivity contribution in [1.82, 2.24) is 5.32 Å². The van der Waals surface area contributed by atoms with Crippen molar-refractivity contribution < 1.29 is 19.6 Å². The Hall–Kier alpha value is -2.09. The van der Waals surface area contributed by atoms with Crippen LogP contribution in [0.25, 0.3) is 0 Å². The van der Waals surface area contributed by atoms with Crippen molar-refractivity contribution in [2.45, 2.75) is 24.3 Å². The molecule has 0 saturated heterocycles. The van der Waals surface area contributed by atoms with Gasteiger partial charge in [-0.3, -0.25) is 14.9 Å². The third-order valence-electron chi connectivity index (χ3n) is 2.61. The van der Waals surface area contributed by atoms with E-state index in [1.54, 1.807) is 6.26 Å². The Labute approximate surface area is 119 Å². The first-order chi connectivity index (χ1) is 9.19. The van der Waals surface area contributed by atoms with Crippen LogP contribution in [0.2, 0.25) is 0 Å². The molecule has 0 aromatic heterocycles. The van der Waals surface area contributed by atoms with Crippen LogP contribution in [-0.4, -0.2) is 33.7 Å². The van der Waals surface area contributed by atoms with Gasteiger partial charge in [0.25, 0.3) is 11.6 Å². The number of thioether (sulfide) groups is 1. The first-order valence-corrected chi connectivity index (χ1v) is 6.80. The Bertz CT molecular complexity index is 571. The number of hydrogen-bond donors (Lipinski definition) is 2. The van der Waals surface area contributed by atoms with Crippen molar-refractivity contribution >= 4 is 29.3 Å². The molecule has 0 aliphatic carbocycles. The highest BCUT2D eigenvalue weighted by atomic mass is 32.2. The minimum Gasteiger partial charge on any atom is -0.480 e. The molecule has 7 nitrogen and oxygen atoms in total. The maximum absolute atomic E-state index is 12.1. The number of amides is 1. The van der Waals surface area contributed by atoms with Crippen LogP contribution in [0.5, 0.6) is 0 Å². The van der Waals surface area contributed by atoms with Crippen LogP contribution < -0.4 is 5.32 Å². The van der Waals surface area contributed by atoms with E-state index in [0.29, 0.717) is 4.90 Å². The molecule has 0 heterocycles. The normalized spacial score (nSPS) is 10.9. The number of benzene rings is 1. The van der Waals surface area contributed by atoms with E-state index in [2.05, 4.69) is 5.32 Å². The van der Waals surface area contributed by atoms with Gasteiger partial charge in [-0.15, -0.1) is 11.8 Å². The van der Waals surface area contributed by atoms with E-state index >= 15 is 0 Å². The van der Waals surface area contributed by atoms with Gasteiger partial charge in [0.15, 0.2) is 0 Å². The number of nitrogens with zero attached hydrogens (tertiary/aromatic N) is 1. The molecule has 108 valence electrons. The lowest BCUT2D eigenvalue weighted by Gasteiger charge is -2.21. The predicted molar refractivity (Wildman–Crippen MR) is 74.1 cm³/mol. The summed E-state index contributed by atoms with van der Waals surface area (Å²) in [5.74, 6) is -2.02. The number of nitro groups is 1. The fourth-order valence-corrected chi connectivity index (χ4v) is 1.83. The molecule has 1 aromatic rings. The Morgan fingerprint density at radius 1 is 1.40 bits per heavy atom. The molecule has 0 spiro atoms. The maximum atomic E-state index is 12.1. The molecule has 0 aliphatic heterocycles. The van der Waals surface area contributed by atoms with Gasteiger partial charge in [0.1, 0.15) is 11.1 Å². The Morgan fingerprint density at radius 3 is 2.45 bits per heavy atom. The average molecular weight is 298 g/mol. The van der Waals surface area contributed by atoms with Crippen LogP contribution in [-0.2, 0) is 4.79 Å². The number of aliphatic carboxylic acids is 1. The fraction of sp³-hybridized carbons (Fsp3) is 0.333. The van der Waals surface area contributed by atoms with Gasteiger partial charge in [-0.2, -0.15) is 0 Å². The van der Waals surface area contributed by atoms with E-state index in [9.17, 15) is 19.7 Å². The summed E-state index contributed by atoms with van der Waals surface area (Å²) in [4.78, 5) is 34.0. The van der Waals surface area contributed by atoms with Crippen LogP contribution in [0.3, 0.4) is 0 Å². The molecule has 0 fully saturated rings. The van der Waals surface area contributed by atoms with Gasteiger partial charge < -0.3 is 10.4 Å². The molecule has 0 bridgehead atoms. The van der Waals surface area contributed by atoms with Crippen molar-refractivity contribution in [3.8, 4) is 0 Å². The SMILES string of the molecule is CSc1ccc([N+](=O)[O-])c(C(=O)NC(C)(C)C(=O)O)c1. The highest BCUT2D eigenvalue weighted by Crippen LogP contribution is 2.25. The number of carbonyl (C=O) groups excluding carboxylic acids is 1. The molecular formula is C12H14N2O5S. The van der Waals surface area contributed by atoms with Gasteiger partial charge in [-0.05, 0) is 32.2 Å². The molecule has 1 rings (SSSR count). The third-order valence-corrected chi connectivity index (χ3v) is 3.33. The Balaban J connectivity index is 3.20. The molecule has 0 unspecified atom stereocenters. The summed E-state index contributed by atoms with van der Waals surface area (Å²) in [5, 5.41) is 22.2. The second-order valence-electron chi connectivity index (χ2n) is 4.52. The zero-order chi connectivity index (χ0) is 15.5. The first-order valence-electron chi connectivity index (χ1n) is 5.57. The van der Waals surface area contributed by atoms with Crippen LogP contribution in [0.1, 0.15) is 24.2 Å². The summed E-state index contributed by atoms with van der Waals surface area (Å²) >= 11 is 1.33. The van der Waals surface area contributed by atoms with E-state index in [1.165, 1.54) is 43.8 Å². The second-order valence-corrected chi connectivity index (χ2v) is 5.40. The largest absolute Gasteiger partial charge is 0.480 e. The highest BCUT2D eigenvalue weighted by Gasteiger charge is 2.31. The monoisotopic (exact) mass is 298 g/mol.